The highest BCUT2D eigenvalue weighted by molar-refractivity contribution is 6.30. The maximum absolute atomic E-state index is 12.6. The second kappa shape index (κ2) is 10.3. The first-order valence-electron chi connectivity index (χ1n) is 9.87. The van der Waals surface area contributed by atoms with Gasteiger partial charge in [0, 0.05) is 18.7 Å². The number of hydrogen-bond donors (Lipinski definition) is 0. The number of nitrogens with zero attached hydrogens (tertiary/aromatic N) is 3. The number of aromatic nitrogens is 2. The highest BCUT2D eigenvalue weighted by atomic mass is 35.5. The third-order valence-electron chi connectivity index (χ3n) is 4.63. The molecule has 1 heterocycles. The molecule has 2 aromatic carbocycles. The number of carbonyl (C=O) groups excluding carboxylic acids is 1. The van der Waals surface area contributed by atoms with Gasteiger partial charge >= 0.3 is 0 Å². The number of aryl methyl sites for hydroxylation is 1. The Labute approximate surface area is 182 Å². The van der Waals surface area contributed by atoms with Crippen molar-refractivity contribution in [2.45, 2.75) is 26.8 Å². The van der Waals surface area contributed by atoms with Crippen molar-refractivity contribution in [2.75, 3.05) is 20.3 Å². The minimum atomic E-state index is -0.0661. The Morgan fingerprint density at radius 2 is 1.83 bits per heavy atom. The Hall–Kier alpha value is -2.83. The van der Waals surface area contributed by atoms with Crippen molar-refractivity contribution >= 4 is 17.5 Å². The molecule has 3 aromatic rings. The summed E-state index contributed by atoms with van der Waals surface area (Å²) < 4.78 is 13.1. The number of benzene rings is 2. The lowest BCUT2D eigenvalue weighted by molar-refractivity contribution is -0.135. The summed E-state index contributed by atoms with van der Waals surface area (Å²) in [6.45, 7) is 5.02. The highest BCUT2D eigenvalue weighted by Gasteiger charge is 2.23. The molecule has 1 aromatic heterocycles. The molecule has 0 fully saturated rings. The zero-order valence-electron chi connectivity index (χ0n) is 17.5. The van der Waals surface area contributed by atoms with E-state index in [9.17, 15) is 4.79 Å². The van der Waals surface area contributed by atoms with E-state index in [1.165, 1.54) is 7.11 Å². The topological polar surface area (TPSA) is 56.6 Å². The largest absolute Gasteiger partial charge is 0.439 e. The van der Waals surface area contributed by atoms with Crippen LogP contribution in [-0.2, 0) is 16.1 Å². The van der Waals surface area contributed by atoms with Crippen LogP contribution in [0.15, 0.2) is 54.6 Å². The van der Waals surface area contributed by atoms with Crippen LogP contribution in [0.4, 0.5) is 0 Å². The predicted octanol–water partition coefficient (Wildman–Crippen LogP) is 5.01. The Kier molecular flexibility index (Phi) is 7.49. The molecule has 0 bridgehead atoms. The van der Waals surface area contributed by atoms with Crippen LogP contribution in [0, 0.1) is 6.92 Å². The van der Waals surface area contributed by atoms with Crippen molar-refractivity contribution in [3.8, 4) is 17.3 Å². The monoisotopic (exact) mass is 427 g/mol. The first kappa shape index (κ1) is 21.9. The van der Waals surface area contributed by atoms with Crippen LogP contribution in [-0.4, -0.2) is 40.8 Å². The summed E-state index contributed by atoms with van der Waals surface area (Å²) in [5.74, 6) is 1.15. The van der Waals surface area contributed by atoms with Gasteiger partial charge in [0.15, 0.2) is 0 Å². The van der Waals surface area contributed by atoms with Gasteiger partial charge in [-0.05, 0) is 49.7 Å². The van der Waals surface area contributed by atoms with Gasteiger partial charge in [0.2, 0.25) is 11.8 Å². The molecule has 3 rings (SSSR count). The minimum Gasteiger partial charge on any atom is -0.439 e. The van der Waals surface area contributed by atoms with E-state index >= 15 is 0 Å². The summed E-state index contributed by atoms with van der Waals surface area (Å²) in [5, 5.41) is 5.34. The fourth-order valence-electron chi connectivity index (χ4n) is 3.15. The molecule has 0 N–H and O–H groups in total. The van der Waals surface area contributed by atoms with E-state index in [1.54, 1.807) is 21.7 Å². The van der Waals surface area contributed by atoms with Crippen LogP contribution >= 0.6 is 11.6 Å². The molecule has 0 saturated heterocycles. The van der Waals surface area contributed by atoms with E-state index in [0.29, 0.717) is 29.7 Å². The fourth-order valence-corrected chi connectivity index (χ4v) is 3.28. The summed E-state index contributed by atoms with van der Waals surface area (Å²) in [7, 11) is 1.52. The van der Waals surface area contributed by atoms with Crippen molar-refractivity contribution in [1.82, 2.24) is 14.7 Å². The maximum Gasteiger partial charge on any atom is 0.248 e. The fraction of sp³-hybridized carbons (Fsp3) is 0.304. The van der Waals surface area contributed by atoms with E-state index in [1.807, 2.05) is 56.3 Å². The minimum absolute atomic E-state index is 0.0409. The molecule has 1 amide bonds. The Morgan fingerprint density at radius 3 is 2.47 bits per heavy atom. The SMILES string of the molecule is CCCN(Cc1c(C)nn(-c2ccccc2)c1Oc1ccc(Cl)cc1)C(=O)COC. The number of halogens is 1. The number of hydrogen-bond acceptors (Lipinski definition) is 4. The zero-order chi connectivity index (χ0) is 21.5. The van der Waals surface area contributed by atoms with E-state index in [-0.39, 0.29) is 12.5 Å². The average molecular weight is 428 g/mol. The van der Waals surface area contributed by atoms with Crippen molar-refractivity contribution in [3.05, 3.63) is 70.9 Å². The van der Waals surface area contributed by atoms with Gasteiger partial charge in [-0.25, -0.2) is 4.68 Å². The third-order valence-corrected chi connectivity index (χ3v) is 4.88. The Morgan fingerprint density at radius 1 is 1.13 bits per heavy atom. The molecule has 0 aliphatic carbocycles. The van der Waals surface area contributed by atoms with Gasteiger partial charge < -0.3 is 14.4 Å². The standard InChI is InChI=1S/C23H26ClN3O3/c1-4-14-26(22(28)16-29-3)15-21-17(2)25-27(19-8-6-5-7-9-19)23(21)30-20-12-10-18(24)11-13-20/h5-13H,4,14-16H2,1-3H3. The molecular weight excluding hydrogens is 402 g/mol. The number of carbonyl (C=O) groups is 1. The molecule has 0 saturated carbocycles. The summed E-state index contributed by atoms with van der Waals surface area (Å²) in [6, 6.07) is 16.9. The van der Waals surface area contributed by atoms with Gasteiger partial charge in [0.05, 0.1) is 23.5 Å². The number of amides is 1. The molecule has 0 aliphatic rings. The molecule has 0 unspecified atom stereocenters. The molecule has 7 heteroatoms. The second-order valence-corrected chi connectivity index (χ2v) is 7.36. The average Bonchev–Trinajstić information content (AvgIpc) is 3.05. The van der Waals surface area contributed by atoms with Gasteiger partial charge in [-0.15, -0.1) is 0 Å². The van der Waals surface area contributed by atoms with Crippen molar-refractivity contribution in [3.63, 3.8) is 0 Å². The van der Waals surface area contributed by atoms with Crippen LogP contribution < -0.4 is 4.74 Å². The van der Waals surface area contributed by atoms with Crippen LogP contribution in [0.2, 0.25) is 5.02 Å². The normalized spacial score (nSPS) is 10.8. The molecule has 0 radical (unpaired) electrons. The van der Waals surface area contributed by atoms with Crippen LogP contribution in [0.25, 0.3) is 5.69 Å². The summed E-state index contributed by atoms with van der Waals surface area (Å²) in [5.41, 5.74) is 2.53. The van der Waals surface area contributed by atoms with Crippen LogP contribution in [0.3, 0.4) is 0 Å². The lowest BCUT2D eigenvalue weighted by Crippen LogP contribution is -2.34. The van der Waals surface area contributed by atoms with Gasteiger partial charge in [0.1, 0.15) is 12.4 Å². The van der Waals surface area contributed by atoms with Crippen LogP contribution in [0.1, 0.15) is 24.6 Å². The summed E-state index contributed by atoms with van der Waals surface area (Å²) in [6.07, 6.45) is 0.842. The smallest absolute Gasteiger partial charge is 0.248 e. The number of methoxy groups -OCH3 is 1. The van der Waals surface area contributed by atoms with Gasteiger partial charge in [0.25, 0.3) is 0 Å². The van der Waals surface area contributed by atoms with Crippen LogP contribution in [0.5, 0.6) is 11.6 Å². The number of ether oxygens (including phenoxy) is 2. The summed E-state index contributed by atoms with van der Waals surface area (Å²) >= 11 is 6.02. The Bertz CT molecular complexity index is 971. The quantitative estimate of drug-likeness (QED) is 0.481. The Balaban J connectivity index is 2.03. The van der Waals surface area contributed by atoms with E-state index in [4.69, 9.17) is 26.2 Å². The lowest BCUT2D eigenvalue weighted by Gasteiger charge is -2.22. The van der Waals surface area contributed by atoms with Gasteiger partial charge in [-0.3, -0.25) is 4.79 Å². The predicted molar refractivity (Wildman–Crippen MR) is 117 cm³/mol. The van der Waals surface area contributed by atoms with Gasteiger partial charge in [-0.2, -0.15) is 5.10 Å². The molecular formula is C23H26ClN3O3. The number of rotatable bonds is 9. The second-order valence-electron chi connectivity index (χ2n) is 6.92. The molecule has 0 atom stereocenters. The lowest BCUT2D eigenvalue weighted by atomic mass is 10.2. The van der Waals surface area contributed by atoms with E-state index in [2.05, 4.69) is 0 Å². The zero-order valence-corrected chi connectivity index (χ0v) is 18.2. The molecule has 30 heavy (non-hydrogen) atoms. The third kappa shape index (κ3) is 5.20. The molecule has 158 valence electrons. The summed E-state index contributed by atoms with van der Waals surface area (Å²) in [4.78, 5) is 14.3. The molecule has 0 spiro atoms. The van der Waals surface area contributed by atoms with Crippen molar-refractivity contribution in [1.29, 1.82) is 0 Å². The molecule has 6 nitrogen and oxygen atoms in total. The highest BCUT2D eigenvalue weighted by Crippen LogP contribution is 2.32. The first-order valence-corrected chi connectivity index (χ1v) is 10.2. The van der Waals surface area contributed by atoms with E-state index < -0.39 is 0 Å². The molecule has 0 aliphatic heterocycles. The van der Waals surface area contributed by atoms with E-state index in [0.717, 1.165) is 23.4 Å². The number of para-hydroxylation sites is 1. The van der Waals surface area contributed by atoms with Crippen molar-refractivity contribution in [2.24, 2.45) is 0 Å². The van der Waals surface area contributed by atoms with Gasteiger partial charge in [-0.1, -0.05) is 36.7 Å². The maximum atomic E-state index is 12.6. The first-order chi connectivity index (χ1) is 14.5. The van der Waals surface area contributed by atoms with Crippen molar-refractivity contribution < 1.29 is 14.3 Å².